The van der Waals surface area contributed by atoms with Gasteiger partial charge in [-0.3, -0.25) is 4.99 Å². The van der Waals surface area contributed by atoms with Gasteiger partial charge in [0.25, 0.3) is 0 Å². The van der Waals surface area contributed by atoms with Crippen molar-refractivity contribution in [1.29, 1.82) is 0 Å². The van der Waals surface area contributed by atoms with Crippen LogP contribution in [0.5, 0.6) is 11.5 Å². The molecule has 114 valence electrons. The second-order valence-electron chi connectivity index (χ2n) is 4.09. The molecule has 0 spiro atoms. The summed E-state index contributed by atoms with van der Waals surface area (Å²) in [7, 11) is 1.68. The van der Waals surface area contributed by atoms with E-state index in [1.54, 1.807) is 7.05 Å². The molecule has 5 nitrogen and oxygen atoms in total. The fourth-order valence-corrected chi connectivity index (χ4v) is 2.10. The maximum Gasteiger partial charge on any atom is 0.192 e. The number of nitrogens with zero attached hydrogens (tertiary/aromatic N) is 1. The van der Waals surface area contributed by atoms with Gasteiger partial charge in [-0.05, 0) is 17.7 Å². The van der Waals surface area contributed by atoms with Crippen LogP contribution < -0.4 is 20.1 Å². The van der Waals surface area contributed by atoms with E-state index in [4.69, 9.17) is 27.5 Å². The van der Waals surface area contributed by atoms with Gasteiger partial charge in [0.15, 0.2) is 17.5 Å². The van der Waals surface area contributed by atoms with Gasteiger partial charge in [-0.25, -0.2) is 0 Å². The zero-order valence-corrected chi connectivity index (χ0v) is 14.7. The summed E-state index contributed by atoms with van der Waals surface area (Å²) in [4.78, 5) is 4.06. The van der Waals surface area contributed by atoms with Crippen molar-refractivity contribution in [2.45, 2.75) is 6.54 Å². The number of nitrogens with one attached hydrogen (secondary N) is 2. The predicted molar refractivity (Wildman–Crippen MR) is 94.9 cm³/mol. The number of hydrogen-bond acceptors (Lipinski definition) is 3. The molecule has 2 N–H and O–H groups in total. The normalized spacial score (nSPS) is 12.9. The lowest BCUT2D eigenvalue weighted by Gasteiger charge is -2.20. The predicted octanol–water partition coefficient (Wildman–Crippen LogP) is 2.03. The molecular weight excluding hydrogens is 405 g/mol. The zero-order chi connectivity index (χ0) is 14.4. The summed E-state index contributed by atoms with van der Waals surface area (Å²) in [6.07, 6.45) is 5.19. The van der Waals surface area contributed by atoms with Crippen molar-refractivity contribution < 1.29 is 9.47 Å². The summed E-state index contributed by atoms with van der Waals surface area (Å²) >= 11 is 6.17. The first-order chi connectivity index (χ1) is 9.74. The largest absolute Gasteiger partial charge is 0.486 e. The average molecular weight is 422 g/mol. The van der Waals surface area contributed by atoms with Crippen LogP contribution in [-0.2, 0) is 6.54 Å². The van der Waals surface area contributed by atoms with Crippen molar-refractivity contribution in [2.24, 2.45) is 4.99 Å². The zero-order valence-electron chi connectivity index (χ0n) is 11.6. The van der Waals surface area contributed by atoms with Crippen molar-refractivity contribution >= 4 is 41.5 Å². The molecular formula is C14H17ClIN3O2. The van der Waals surface area contributed by atoms with E-state index >= 15 is 0 Å². The fourth-order valence-electron chi connectivity index (χ4n) is 1.81. The molecule has 0 unspecified atom stereocenters. The quantitative estimate of drug-likeness (QED) is 0.339. The van der Waals surface area contributed by atoms with E-state index in [2.05, 4.69) is 21.5 Å². The van der Waals surface area contributed by atoms with E-state index in [9.17, 15) is 0 Å². The lowest BCUT2D eigenvalue weighted by Crippen LogP contribution is -2.36. The highest BCUT2D eigenvalue weighted by molar-refractivity contribution is 14.0. The standard InChI is InChI=1S/C14H16ClN3O2.HI/c1-3-4-17-14(16-2)18-9-10-7-11(15)13-12(8-10)19-5-6-20-13;/h1,7-8H,4-6,9H2,2H3,(H2,16,17,18);1H. The van der Waals surface area contributed by atoms with Crippen LogP contribution in [0.1, 0.15) is 5.56 Å². The van der Waals surface area contributed by atoms with E-state index in [1.807, 2.05) is 12.1 Å². The van der Waals surface area contributed by atoms with E-state index in [0.29, 0.717) is 48.8 Å². The monoisotopic (exact) mass is 421 g/mol. The molecule has 0 aromatic heterocycles. The number of fused-ring (bicyclic) bond motifs is 1. The highest BCUT2D eigenvalue weighted by Gasteiger charge is 2.16. The number of rotatable bonds is 3. The molecule has 21 heavy (non-hydrogen) atoms. The Morgan fingerprint density at radius 1 is 1.38 bits per heavy atom. The van der Waals surface area contributed by atoms with Crippen molar-refractivity contribution in [3.8, 4) is 23.8 Å². The second kappa shape index (κ2) is 8.85. The Bertz CT molecular complexity index is 558. The van der Waals surface area contributed by atoms with Crippen LogP contribution in [0.4, 0.5) is 0 Å². The average Bonchev–Trinajstić information content (AvgIpc) is 2.47. The molecule has 0 fully saturated rings. The lowest BCUT2D eigenvalue weighted by molar-refractivity contribution is 0.171. The Kier molecular flexibility index (Phi) is 7.47. The van der Waals surface area contributed by atoms with Gasteiger partial charge < -0.3 is 20.1 Å². The number of aliphatic imine (C=N–C) groups is 1. The summed E-state index contributed by atoms with van der Waals surface area (Å²) in [5, 5.41) is 6.67. The van der Waals surface area contributed by atoms with Crippen LogP contribution in [0, 0.1) is 12.3 Å². The van der Waals surface area contributed by atoms with Crippen LogP contribution >= 0.6 is 35.6 Å². The van der Waals surface area contributed by atoms with Gasteiger partial charge in [0.2, 0.25) is 0 Å². The number of guanidine groups is 1. The van der Waals surface area contributed by atoms with Crippen LogP contribution in [0.25, 0.3) is 0 Å². The number of ether oxygens (including phenoxy) is 2. The first-order valence-corrected chi connectivity index (χ1v) is 6.58. The van der Waals surface area contributed by atoms with E-state index in [1.165, 1.54) is 0 Å². The summed E-state index contributed by atoms with van der Waals surface area (Å²) in [5.74, 6) is 4.41. The third-order valence-corrected chi connectivity index (χ3v) is 2.98. The minimum atomic E-state index is 0. The molecule has 1 aliphatic heterocycles. The van der Waals surface area contributed by atoms with Crippen LogP contribution in [0.2, 0.25) is 5.02 Å². The smallest absolute Gasteiger partial charge is 0.192 e. The maximum absolute atomic E-state index is 6.17. The van der Waals surface area contributed by atoms with Gasteiger partial charge in [-0.2, -0.15) is 0 Å². The molecule has 1 aliphatic rings. The molecule has 1 aromatic carbocycles. The number of hydrogen-bond donors (Lipinski definition) is 2. The summed E-state index contributed by atoms with van der Waals surface area (Å²) in [6, 6.07) is 3.75. The Labute approximate surface area is 146 Å². The molecule has 0 aliphatic carbocycles. The van der Waals surface area contributed by atoms with Gasteiger partial charge in [0, 0.05) is 13.6 Å². The SMILES string of the molecule is C#CCNC(=NC)NCc1cc(Cl)c2c(c1)OCCO2.I. The Morgan fingerprint density at radius 2 is 2.14 bits per heavy atom. The molecule has 7 heteroatoms. The number of terminal acetylenes is 1. The minimum Gasteiger partial charge on any atom is -0.486 e. The molecule has 0 radical (unpaired) electrons. The van der Waals surface area contributed by atoms with Crippen LogP contribution in [0.15, 0.2) is 17.1 Å². The minimum absolute atomic E-state index is 0. The molecule has 2 rings (SSSR count). The summed E-state index contributed by atoms with van der Waals surface area (Å²) in [5.41, 5.74) is 0.975. The molecule has 0 amide bonds. The van der Waals surface area contributed by atoms with Gasteiger partial charge in [-0.15, -0.1) is 30.4 Å². The third-order valence-electron chi connectivity index (χ3n) is 2.70. The first-order valence-electron chi connectivity index (χ1n) is 6.20. The Balaban J connectivity index is 0.00000220. The number of benzene rings is 1. The van der Waals surface area contributed by atoms with Gasteiger partial charge in [-0.1, -0.05) is 17.5 Å². The number of halogens is 2. The van der Waals surface area contributed by atoms with Crippen molar-refractivity contribution in [2.75, 3.05) is 26.8 Å². The Hall–Kier alpha value is -1.33. The van der Waals surface area contributed by atoms with Crippen LogP contribution in [-0.4, -0.2) is 32.8 Å². The van der Waals surface area contributed by atoms with Gasteiger partial charge in [0.05, 0.1) is 11.6 Å². The highest BCUT2D eigenvalue weighted by Crippen LogP contribution is 2.38. The first kappa shape index (κ1) is 17.7. The Morgan fingerprint density at radius 3 is 2.86 bits per heavy atom. The molecule has 1 aromatic rings. The van der Waals surface area contributed by atoms with Gasteiger partial charge in [0.1, 0.15) is 13.2 Å². The van der Waals surface area contributed by atoms with E-state index < -0.39 is 0 Å². The fraction of sp³-hybridized carbons (Fsp3) is 0.357. The van der Waals surface area contributed by atoms with Crippen LogP contribution in [0.3, 0.4) is 0 Å². The van der Waals surface area contributed by atoms with Crippen molar-refractivity contribution in [1.82, 2.24) is 10.6 Å². The summed E-state index contributed by atoms with van der Waals surface area (Å²) < 4.78 is 11.0. The second-order valence-corrected chi connectivity index (χ2v) is 4.49. The highest BCUT2D eigenvalue weighted by atomic mass is 127. The topological polar surface area (TPSA) is 54.9 Å². The molecule has 0 atom stereocenters. The van der Waals surface area contributed by atoms with E-state index in [0.717, 1.165) is 5.56 Å². The third kappa shape index (κ3) is 4.86. The van der Waals surface area contributed by atoms with Crippen molar-refractivity contribution in [3.05, 3.63) is 22.7 Å². The molecule has 1 heterocycles. The molecule has 0 saturated heterocycles. The maximum atomic E-state index is 6.17. The molecule has 0 bridgehead atoms. The van der Waals surface area contributed by atoms with Crippen molar-refractivity contribution in [3.63, 3.8) is 0 Å². The lowest BCUT2D eigenvalue weighted by atomic mass is 10.2. The molecule has 0 saturated carbocycles. The van der Waals surface area contributed by atoms with Gasteiger partial charge >= 0.3 is 0 Å². The summed E-state index contributed by atoms with van der Waals surface area (Å²) in [6.45, 7) is 2.03. The van der Waals surface area contributed by atoms with E-state index in [-0.39, 0.29) is 24.0 Å².